The molecule has 0 aromatic carbocycles. The van der Waals surface area contributed by atoms with Crippen LogP contribution in [-0.4, -0.2) is 31.3 Å². The van der Waals surface area contributed by atoms with Gasteiger partial charge in [-0.1, -0.05) is 39.0 Å². The molecule has 0 aliphatic carbocycles. The zero-order valence-corrected chi connectivity index (χ0v) is 10.3. The number of carbonyl (C=O) groups is 1. The van der Waals surface area contributed by atoms with Crippen LogP contribution in [0.3, 0.4) is 0 Å². The summed E-state index contributed by atoms with van der Waals surface area (Å²) in [6.07, 6.45) is 7.97. The van der Waals surface area contributed by atoms with Crippen molar-refractivity contribution >= 4 is 5.97 Å². The molecule has 0 fully saturated rings. The quantitative estimate of drug-likeness (QED) is 0.664. The van der Waals surface area contributed by atoms with Crippen LogP contribution >= 0.6 is 0 Å². The molecule has 0 saturated carbocycles. The van der Waals surface area contributed by atoms with Crippen LogP contribution in [0.2, 0.25) is 0 Å². The maximum atomic E-state index is 10.6. The summed E-state index contributed by atoms with van der Waals surface area (Å²) in [5.41, 5.74) is 0. The van der Waals surface area contributed by atoms with Crippen LogP contribution in [0.5, 0.6) is 0 Å². The lowest BCUT2D eigenvalue weighted by Gasteiger charge is -2.01. The Kier molecular flexibility index (Phi) is 6.21. The number of aryl methyl sites for hydroxylation is 1. The van der Waals surface area contributed by atoms with Gasteiger partial charge in [-0.25, -0.2) is 4.68 Å². The van der Waals surface area contributed by atoms with Gasteiger partial charge in [0.1, 0.15) is 6.54 Å². The Labute approximate surface area is 101 Å². The molecule has 0 radical (unpaired) electrons. The third-order valence-electron chi connectivity index (χ3n) is 2.65. The Morgan fingerprint density at radius 3 is 2.65 bits per heavy atom. The molecular weight excluding hydrogens is 220 g/mol. The second-order valence-corrected chi connectivity index (χ2v) is 4.16. The summed E-state index contributed by atoms with van der Waals surface area (Å²) >= 11 is 0. The topological polar surface area (TPSA) is 80.9 Å². The highest BCUT2D eigenvalue weighted by molar-refractivity contribution is 5.66. The molecule has 0 aliphatic heterocycles. The fourth-order valence-corrected chi connectivity index (χ4v) is 1.72. The van der Waals surface area contributed by atoms with Crippen LogP contribution in [0, 0.1) is 0 Å². The normalized spacial score (nSPS) is 10.6. The molecule has 0 unspecified atom stereocenters. The summed E-state index contributed by atoms with van der Waals surface area (Å²) in [6.45, 7) is 2.04. The summed E-state index contributed by atoms with van der Waals surface area (Å²) in [4.78, 5) is 10.6. The molecule has 1 heterocycles. The number of hydrogen-bond acceptors (Lipinski definition) is 4. The van der Waals surface area contributed by atoms with Crippen molar-refractivity contribution in [1.29, 1.82) is 0 Å². The zero-order valence-electron chi connectivity index (χ0n) is 10.3. The largest absolute Gasteiger partial charge is 0.480 e. The van der Waals surface area contributed by atoms with Crippen molar-refractivity contribution < 1.29 is 9.90 Å². The van der Waals surface area contributed by atoms with Gasteiger partial charge in [-0.05, 0) is 16.8 Å². The van der Waals surface area contributed by atoms with Gasteiger partial charge in [0.2, 0.25) is 0 Å². The Morgan fingerprint density at radius 1 is 1.24 bits per heavy atom. The molecule has 0 atom stereocenters. The van der Waals surface area contributed by atoms with Crippen LogP contribution in [0.15, 0.2) is 0 Å². The van der Waals surface area contributed by atoms with Crippen molar-refractivity contribution in [1.82, 2.24) is 20.2 Å². The first-order valence-corrected chi connectivity index (χ1v) is 6.21. The number of tetrazole rings is 1. The van der Waals surface area contributed by atoms with Crippen LogP contribution in [0.25, 0.3) is 0 Å². The van der Waals surface area contributed by atoms with Gasteiger partial charge in [0.15, 0.2) is 5.82 Å². The third kappa shape index (κ3) is 5.42. The minimum absolute atomic E-state index is 0.155. The predicted octanol–water partition coefficient (Wildman–Crippen LogP) is 1.66. The summed E-state index contributed by atoms with van der Waals surface area (Å²) in [5, 5.41) is 19.7. The van der Waals surface area contributed by atoms with E-state index in [-0.39, 0.29) is 6.54 Å². The smallest absolute Gasteiger partial charge is 0.325 e. The Morgan fingerprint density at radius 2 is 1.94 bits per heavy atom. The van der Waals surface area contributed by atoms with E-state index in [1.807, 2.05) is 0 Å². The Hall–Kier alpha value is -1.46. The van der Waals surface area contributed by atoms with Crippen molar-refractivity contribution in [3.8, 4) is 0 Å². The average molecular weight is 240 g/mol. The van der Waals surface area contributed by atoms with Crippen molar-refractivity contribution in [2.24, 2.45) is 0 Å². The monoisotopic (exact) mass is 240 g/mol. The number of hydrogen-bond donors (Lipinski definition) is 1. The highest BCUT2D eigenvalue weighted by Crippen LogP contribution is 2.07. The maximum absolute atomic E-state index is 10.6. The van der Waals surface area contributed by atoms with Gasteiger partial charge in [0.25, 0.3) is 0 Å². The summed E-state index contributed by atoms with van der Waals surface area (Å²) in [5.74, 6) is -0.246. The lowest BCUT2D eigenvalue weighted by atomic mass is 10.1. The highest BCUT2D eigenvalue weighted by atomic mass is 16.4. The number of unbranched alkanes of at least 4 members (excludes halogenated alkanes) is 5. The minimum atomic E-state index is -0.915. The standard InChI is InChI=1S/C11H20N4O2/c1-2-3-4-5-6-7-8-10-12-13-14-15(10)9-11(16)17/h2-9H2,1H3,(H,16,17). The molecule has 1 rings (SSSR count). The first-order valence-electron chi connectivity index (χ1n) is 6.21. The van der Waals surface area contributed by atoms with E-state index in [1.165, 1.54) is 30.4 Å². The number of nitrogens with zero attached hydrogens (tertiary/aromatic N) is 4. The van der Waals surface area contributed by atoms with E-state index >= 15 is 0 Å². The van der Waals surface area contributed by atoms with Crippen LogP contribution < -0.4 is 0 Å². The molecule has 17 heavy (non-hydrogen) atoms. The van der Waals surface area contributed by atoms with Gasteiger partial charge in [-0.15, -0.1) is 5.10 Å². The third-order valence-corrected chi connectivity index (χ3v) is 2.65. The first-order chi connectivity index (χ1) is 8.24. The summed E-state index contributed by atoms with van der Waals surface area (Å²) < 4.78 is 1.36. The minimum Gasteiger partial charge on any atom is -0.480 e. The second kappa shape index (κ2) is 7.76. The molecule has 0 spiro atoms. The Bertz CT molecular complexity index is 338. The van der Waals surface area contributed by atoms with E-state index in [9.17, 15) is 4.79 Å². The molecule has 0 saturated heterocycles. The summed E-state index contributed by atoms with van der Waals surface area (Å²) in [7, 11) is 0. The lowest BCUT2D eigenvalue weighted by Crippen LogP contribution is -2.13. The van der Waals surface area contributed by atoms with Crippen molar-refractivity contribution in [3.05, 3.63) is 5.82 Å². The first kappa shape index (κ1) is 13.6. The number of aromatic nitrogens is 4. The van der Waals surface area contributed by atoms with Crippen LogP contribution in [-0.2, 0) is 17.8 Å². The van der Waals surface area contributed by atoms with Gasteiger partial charge in [-0.3, -0.25) is 4.79 Å². The fourth-order valence-electron chi connectivity index (χ4n) is 1.72. The molecule has 1 N–H and O–H groups in total. The molecule has 0 aliphatic rings. The fraction of sp³-hybridized carbons (Fsp3) is 0.818. The van der Waals surface area contributed by atoms with Crippen LogP contribution in [0.4, 0.5) is 0 Å². The van der Waals surface area contributed by atoms with E-state index in [0.717, 1.165) is 19.3 Å². The van der Waals surface area contributed by atoms with Gasteiger partial charge in [-0.2, -0.15) is 0 Å². The number of carboxylic acid groups (broad SMARTS) is 1. The molecule has 6 heteroatoms. The van der Waals surface area contributed by atoms with Gasteiger partial charge < -0.3 is 5.11 Å². The highest BCUT2D eigenvalue weighted by Gasteiger charge is 2.08. The molecule has 0 bridgehead atoms. The predicted molar refractivity (Wildman–Crippen MR) is 62.5 cm³/mol. The van der Waals surface area contributed by atoms with Crippen molar-refractivity contribution in [2.45, 2.75) is 58.4 Å². The molecule has 1 aromatic heterocycles. The van der Waals surface area contributed by atoms with Crippen molar-refractivity contribution in [2.75, 3.05) is 0 Å². The lowest BCUT2D eigenvalue weighted by molar-refractivity contribution is -0.138. The second-order valence-electron chi connectivity index (χ2n) is 4.16. The van der Waals surface area contributed by atoms with E-state index in [0.29, 0.717) is 5.82 Å². The SMILES string of the molecule is CCCCCCCCc1nnnn1CC(=O)O. The molecule has 0 amide bonds. The number of carboxylic acids is 1. The number of aliphatic carboxylic acids is 1. The molecule has 96 valence electrons. The Balaban J connectivity index is 2.22. The van der Waals surface area contributed by atoms with E-state index in [2.05, 4.69) is 22.4 Å². The maximum Gasteiger partial charge on any atom is 0.325 e. The van der Waals surface area contributed by atoms with E-state index < -0.39 is 5.97 Å². The van der Waals surface area contributed by atoms with Crippen LogP contribution in [0.1, 0.15) is 51.3 Å². The van der Waals surface area contributed by atoms with Gasteiger partial charge in [0, 0.05) is 6.42 Å². The number of rotatable bonds is 9. The average Bonchev–Trinajstić information content (AvgIpc) is 2.70. The summed E-state index contributed by atoms with van der Waals surface area (Å²) in [6, 6.07) is 0. The van der Waals surface area contributed by atoms with Crippen molar-refractivity contribution in [3.63, 3.8) is 0 Å². The van der Waals surface area contributed by atoms with E-state index in [4.69, 9.17) is 5.11 Å². The van der Waals surface area contributed by atoms with Gasteiger partial charge in [0.05, 0.1) is 0 Å². The zero-order chi connectivity index (χ0) is 12.5. The van der Waals surface area contributed by atoms with E-state index in [1.54, 1.807) is 0 Å². The molecule has 6 nitrogen and oxygen atoms in total. The molecular formula is C11H20N4O2. The van der Waals surface area contributed by atoms with Gasteiger partial charge >= 0.3 is 5.97 Å². The molecule has 1 aromatic rings.